The molecule has 0 fully saturated rings. The number of fused-ring (bicyclic) bond motifs is 3. The molecule has 0 spiro atoms. The first kappa shape index (κ1) is 33.4. The van der Waals surface area contributed by atoms with Crippen LogP contribution in [-0.2, 0) is 33.3 Å². The van der Waals surface area contributed by atoms with Crippen molar-refractivity contribution in [1.82, 2.24) is 19.3 Å². The van der Waals surface area contributed by atoms with Crippen molar-refractivity contribution in [1.29, 1.82) is 0 Å². The molecule has 0 radical (unpaired) electrons. The molecular formula is C42H40N4OPd. The third-order valence-corrected chi connectivity index (χ3v) is 9.77. The van der Waals surface area contributed by atoms with Crippen LogP contribution < -0.4 is 4.74 Å². The summed E-state index contributed by atoms with van der Waals surface area (Å²) in [5, 5.41) is 7.32. The van der Waals surface area contributed by atoms with Gasteiger partial charge in [-0.15, -0.1) is 35.7 Å². The number of pyridine rings is 1. The molecule has 0 aliphatic carbocycles. The predicted molar refractivity (Wildman–Crippen MR) is 192 cm³/mol. The molecule has 7 aromatic rings. The van der Waals surface area contributed by atoms with Gasteiger partial charge in [-0.2, -0.15) is 17.2 Å². The second-order valence-electron chi connectivity index (χ2n) is 12.5. The van der Waals surface area contributed by atoms with Crippen LogP contribution in [0.4, 0.5) is 0 Å². The number of nitrogens with zero attached hydrogens (tertiary/aromatic N) is 4. The molecule has 0 aliphatic rings. The van der Waals surface area contributed by atoms with Gasteiger partial charge in [0.05, 0.1) is 5.69 Å². The summed E-state index contributed by atoms with van der Waals surface area (Å²) in [5.74, 6) is 2.08. The third-order valence-electron chi connectivity index (χ3n) is 9.77. The van der Waals surface area contributed by atoms with Crippen LogP contribution in [0.5, 0.6) is 11.5 Å². The molecule has 0 aliphatic heterocycles. The van der Waals surface area contributed by atoms with Crippen LogP contribution >= 0.6 is 0 Å². The average Bonchev–Trinajstić information content (AvgIpc) is 3.56. The molecule has 7 rings (SSSR count). The first-order valence-electron chi connectivity index (χ1n) is 16.5. The van der Waals surface area contributed by atoms with Crippen LogP contribution in [-0.4, -0.2) is 19.3 Å². The molecule has 0 N–H and O–H groups in total. The molecule has 244 valence electrons. The predicted octanol–water partition coefficient (Wildman–Crippen LogP) is 10.4. The number of aromatic nitrogens is 4. The molecule has 0 bridgehead atoms. The number of ether oxygens (including phenoxy) is 1. The Kier molecular flexibility index (Phi) is 9.18. The summed E-state index contributed by atoms with van der Waals surface area (Å²) >= 11 is 0. The number of rotatable bonds is 7. The molecule has 0 saturated heterocycles. The third kappa shape index (κ3) is 5.48. The van der Waals surface area contributed by atoms with Gasteiger partial charge in [-0.05, 0) is 123 Å². The number of para-hydroxylation sites is 1. The standard InChI is InChI=1S/C42H40N4O.Pd/c1-9-34-27(5)26(4)28(6)35(10-2)42(34)41-29(7)44-46(30(41)8)31-14-13-15-32(23-31)47-33-18-19-37-36-16-11-12-17-38(36)45(39(37)24-33)40-22-25(3)20-21-43-40;/h11-22H,9-10H2,1-8H3;/q-2;+2. The van der Waals surface area contributed by atoms with Crippen LogP contribution in [0.2, 0.25) is 0 Å². The zero-order chi connectivity index (χ0) is 33.0. The molecule has 3 aromatic heterocycles. The van der Waals surface area contributed by atoms with E-state index in [1.807, 2.05) is 41.2 Å². The van der Waals surface area contributed by atoms with Gasteiger partial charge in [0, 0.05) is 34.5 Å². The van der Waals surface area contributed by atoms with Gasteiger partial charge in [0.25, 0.3) is 0 Å². The minimum absolute atomic E-state index is 0. The van der Waals surface area contributed by atoms with Crippen molar-refractivity contribution >= 4 is 21.8 Å². The van der Waals surface area contributed by atoms with Gasteiger partial charge in [-0.1, -0.05) is 37.6 Å². The summed E-state index contributed by atoms with van der Waals surface area (Å²) in [6.07, 6.45) is 3.81. The Labute approximate surface area is 297 Å². The van der Waals surface area contributed by atoms with Crippen molar-refractivity contribution in [2.45, 2.75) is 68.2 Å². The Morgan fingerprint density at radius 3 is 2.12 bits per heavy atom. The maximum Gasteiger partial charge on any atom is 2.00 e. The fraction of sp³-hybridized carbons (Fsp3) is 0.238. The monoisotopic (exact) mass is 722 g/mol. The Balaban J connectivity index is 0.00000401. The van der Waals surface area contributed by atoms with Crippen molar-refractivity contribution in [3.8, 4) is 34.1 Å². The largest absolute Gasteiger partial charge is 2.00 e. The topological polar surface area (TPSA) is 44.9 Å². The fourth-order valence-corrected chi connectivity index (χ4v) is 7.27. The van der Waals surface area contributed by atoms with Crippen LogP contribution in [0.3, 0.4) is 0 Å². The molecule has 0 atom stereocenters. The van der Waals surface area contributed by atoms with E-state index in [-0.39, 0.29) is 20.4 Å². The molecule has 48 heavy (non-hydrogen) atoms. The van der Waals surface area contributed by atoms with E-state index in [1.165, 1.54) is 38.9 Å². The summed E-state index contributed by atoms with van der Waals surface area (Å²) in [6, 6.07) is 29.6. The summed E-state index contributed by atoms with van der Waals surface area (Å²) < 4.78 is 10.6. The van der Waals surface area contributed by atoms with Crippen molar-refractivity contribution < 1.29 is 25.2 Å². The molecular weight excluding hydrogens is 683 g/mol. The number of hydrogen-bond acceptors (Lipinski definition) is 3. The van der Waals surface area contributed by atoms with E-state index < -0.39 is 0 Å². The quantitative estimate of drug-likeness (QED) is 0.122. The Hall–Kier alpha value is -4.50. The Morgan fingerprint density at radius 1 is 0.708 bits per heavy atom. The Morgan fingerprint density at radius 2 is 1.42 bits per heavy atom. The van der Waals surface area contributed by atoms with Crippen molar-refractivity contribution in [2.24, 2.45) is 0 Å². The first-order chi connectivity index (χ1) is 22.7. The van der Waals surface area contributed by atoms with E-state index in [4.69, 9.17) is 14.8 Å². The zero-order valence-corrected chi connectivity index (χ0v) is 30.4. The van der Waals surface area contributed by atoms with Gasteiger partial charge in [0.1, 0.15) is 5.82 Å². The molecule has 0 saturated carbocycles. The van der Waals surface area contributed by atoms with E-state index in [9.17, 15) is 0 Å². The van der Waals surface area contributed by atoms with Crippen molar-refractivity contribution in [2.75, 3.05) is 0 Å². The van der Waals surface area contributed by atoms with E-state index >= 15 is 0 Å². The van der Waals surface area contributed by atoms with Gasteiger partial charge in [0.2, 0.25) is 0 Å². The van der Waals surface area contributed by atoms with Crippen molar-refractivity contribution in [3.05, 3.63) is 130 Å². The minimum Gasteiger partial charge on any atom is -0.509 e. The van der Waals surface area contributed by atoms with E-state index in [0.717, 1.165) is 63.1 Å². The smallest absolute Gasteiger partial charge is 0.509 e. The maximum atomic E-state index is 6.45. The van der Waals surface area contributed by atoms with Gasteiger partial charge >= 0.3 is 20.4 Å². The van der Waals surface area contributed by atoms with Gasteiger partial charge in [-0.25, -0.2) is 4.98 Å². The Bertz CT molecular complexity index is 2300. The molecule has 3 heterocycles. The molecule has 5 nitrogen and oxygen atoms in total. The maximum absolute atomic E-state index is 6.45. The van der Waals surface area contributed by atoms with E-state index in [0.29, 0.717) is 11.5 Å². The molecule has 6 heteroatoms. The number of hydrogen-bond donors (Lipinski definition) is 0. The minimum atomic E-state index is 0. The first-order valence-corrected chi connectivity index (χ1v) is 16.5. The normalized spacial score (nSPS) is 11.3. The van der Waals surface area contributed by atoms with Gasteiger partial charge in [0.15, 0.2) is 0 Å². The molecule has 0 unspecified atom stereocenters. The van der Waals surface area contributed by atoms with Crippen LogP contribution in [0, 0.1) is 53.7 Å². The molecule has 0 amide bonds. The summed E-state index contributed by atoms with van der Waals surface area (Å²) in [4.78, 5) is 4.70. The second-order valence-corrected chi connectivity index (χ2v) is 12.5. The van der Waals surface area contributed by atoms with E-state index in [2.05, 4.69) is 108 Å². The number of benzene rings is 4. The summed E-state index contributed by atoms with van der Waals surface area (Å²) in [5.41, 5.74) is 15.7. The average molecular weight is 723 g/mol. The van der Waals surface area contributed by atoms with Gasteiger partial charge in [-0.3, -0.25) is 4.68 Å². The van der Waals surface area contributed by atoms with Gasteiger partial charge < -0.3 is 9.30 Å². The number of aryl methyl sites for hydroxylation is 2. The van der Waals surface area contributed by atoms with Crippen molar-refractivity contribution in [3.63, 3.8) is 0 Å². The van der Waals surface area contributed by atoms with Crippen LogP contribution in [0.1, 0.15) is 58.6 Å². The van der Waals surface area contributed by atoms with Crippen LogP contribution in [0.15, 0.2) is 72.9 Å². The zero-order valence-electron chi connectivity index (χ0n) is 28.9. The summed E-state index contributed by atoms with van der Waals surface area (Å²) in [6.45, 7) is 17.7. The van der Waals surface area contributed by atoms with Crippen LogP contribution in [0.25, 0.3) is 44.4 Å². The fourth-order valence-electron chi connectivity index (χ4n) is 7.27. The molecule has 4 aromatic carbocycles. The van der Waals surface area contributed by atoms with E-state index in [1.54, 1.807) is 0 Å². The second kappa shape index (κ2) is 13.2. The summed E-state index contributed by atoms with van der Waals surface area (Å²) in [7, 11) is 0. The SMILES string of the molecule is CCc1c(C)c(C)c(C)c(CC)c1-c1c(C)nn(-c2[c-]c(Oc3[c-]c4c(cc3)c3ccccc3n4-c3cc(C)ccn3)ccc2)c1C.[Pd+2].